The molecule has 1 N–H and O–H groups in total. The van der Waals surface area contributed by atoms with Crippen molar-refractivity contribution in [1.82, 2.24) is 0 Å². The van der Waals surface area contributed by atoms with E-state index in [1.54, 1.807) is 0 Å². The zero-order valence-electron chi connectivity index (χ0n) is 16.4. The normalized spacial score (nSPS) is 11.7. The van der Waals surface area contributed by atoms with Crippen LogP contribution in [-0.2, 0) is 0 Å². The van der Waals surface area contributed by atoms with E-state index in [-0.39, 0.29) is 0 Å². The molecule has 0 aliphatic rings. The van der Waals surface area contributed by atoms with Gasteiger partial charge >= 0.3 is 0 Å². The van der Waals surface area contributed by atoms with Gasteiger partial charge in [0.05, 0.1) is 8.15 Å². The number of benzene rings is 4. The molecular formula is C27H23OP. The summed E-state index contributed by atoms with van der Waals surface area (Å²) in [6.07, 6.45) is 2.24. The van der Waals surface area contributed by atoms with Crippen molar-refractivity contribution in [3.63, 3.8) is 0 Å². The van der Waals surface area contributed by atoms with Gasteiger partial charge in [0, 0.05) is 5.30 Å². The Balaban J connectivity index is 1.67. The molecule has 142 valence electrons. The Labute approximate surface area is 173 Å². The summed E-state index contributed by atoms with van der Waals surface area (Å²) in [5.74, 6) is 0. The molecule has 0 aliphatic carbocycles. The van der Waals surface area contributed by atoms with Gasteiger partial charge in [-0.1, -0.05) is 109 Å². The second-order valence-corrected chi connectivity index (χ2v) is 8.55. The fourth-order valence-electron chi connectivity index (χ4n) is 3.38. The third kappa shape index (κ3) is 4.71. The minimum Gasteiger partial charge on any atom is -0.369 e. The highest BCUT2D eigenvalue weighted by Crippen LogP contribution is 2.28. The van der Waals surface area contributed by atoms with Gasteiger partial charge in [0.2, 0.25) is 0 Å². The van der Waals surface area contributed by atoms with Gasteiger partial charge in [0.15, 0.2) is 0 Å². The highest BCUT2D eigenvalue weighted by atomic mass is 31.1. The zero-order chi connectivity index (χ0) is 20.1. The van der Waals surface area contributed by atoms with E-state index in [0.717, 1.165) is 10.9 Å². The molecule has 4 aromatic rings. The maximum Gasteiger partial charge on any atom is 0.0531 e. The SMILES string of the molecule is CP(O)c1ccc(-c2ccc(C=C(c3ccccc3)c3ccccc3)cc2)cc1. The van der Waals surface area contributed by atoms with Crippen LogP contribution in [0.15, 0.2) is 109 Å². The first-order valence-electron chi connectivity index (χ1n) is 9.66. The van der Waals surface area contributed by atoms with Crippen LogP contribution in [0.4, 0.5) is 0 Å². The molecule has 1 atom stereocenters. The summed E-state index contributed by atoms with van der Waals surface area (Å²) in [4.78, 5) is 9.75. The average molecular weight is 394 g/mol. The molecule has 0 saturated heterocycles. The molecule has 1 unspecified atom stereocenters. The first kappa shape index (κ1) is 19.3. The van der Waals surface area contributed by atoms with Crippen LogP contribution in [0.3, 0.4) is 0 Å². The maximum absolute atomic E-state index is 9.75. The van der Waals surface area contributed by atoms with Crippen LogP contribution in [0.2, 0.25) is 0 Å². The van der Waals surface area contributed by atoms with Crippen molar-refractivity contribution >= 4 is 25.1 Å². The lowest BCUT2D eigenvalue weighted by atomic mass is 9.95. The van der Waals surface area contributed by atoms with Crippen molar-refractivity contribution in [2.24, 2.45) is 0 Å². The molecule has 0 aliphatic heterocycles. The Morgan fingerprint density at radius 3 is 1.52 bits per heavy atom. The molecular weight excluding hydrogens is 371 g/mol. The van der Waals surface area contributed by atoms with Gasteiger partial charge < -0.3 is 4.89 Å². The standard InChI is InChI=1S/C27H23OP/c1-29(28)26-18-16-23(17-19-26)22-14-12-21(13-15-22)20-27(24-8-4-2-5-9-24)25-10-6-3-7-11-25/h2-20,28H,1H3. The van der Waals surface area contributed by atoms with E-state index in [0.29, 0.717) is 0 Å². The topological polar surface area (TPSA) is 20.2 Å². The number of hydrogen-bond donors (Lipinski definition) is 1. The summed E-state index contributed by atoms with van der Waals surface area (Å²) >= 11 is 0. The highest BCUT2D eigenvalue weighted by molar-refractivity contribution is 7.59. The van der Waals surface area contributed by atoms with Crippen LogP contribution in [-0.4, -0.2) is 11.6 Å². The predicted molar refractivity (Wildman–Crippen MR) is 126 cm³/mol. The zero-order valence-corrected chi connectivity index (χ0v) is 17.3. The molecule has 4 aromatic carbocycles. The lowest BCUT2D eigenvalue weighted by Gasteiger charge is -2.10. The van der Waals surface area contributed by atoms with Gasteiger partial charge in [-0.05, 0) is 46.1 Å². The van der Waals surface area contributed by atoms with E-state index in [2.05, 4.69) is 91.0 Å². The predicted octanol–water partition coefficient (Wildman–Crippen LogP) is 6.59. The van der Waals surface area contributed by atoms with E-state index < -0.39 is 8.15 Å². The second kappa shape index (κ2) is 9.01. The molecule has 0 heterocycles. The molecule has 0 bridgehead atoms. The molecule has 0 aromatic heterocycles. The average Bonchev–Trinajstić information content (AvgIpc) is 2.79. The summed E-state index contributed by atoms with van der Waals surface area (Å²) in [6, 6.07) is 37.8. The van der Waals surface area contributed by atoms with Crippen LogP contribution in [0.25, 0.3) is 22.8 Å². The summed E-state index contributed by atoms with van der Waals surface area (Å²) in [6.45, 7) is 1.85. The summed E-state index contributed by atoms with van der Waals surface area (Å²) in [7, 11) is -1.04. The van der Waals surface area contributed by atoms with E-state index in [4.69, 9.17) is 0 Å². The van der Waals surface area contributed by atoms with Crippen molar-refractivity contribution < 1.29 is 4.89 Å². The first-order chi connectivity index (χ1) is 14.2. The van der Waals surface area contributed by atoms with Crippen molar-refractivity contribution in [1.29, 1.82) is 0 Å². The molecule has 29 heavy (non-hydrogen) atoms. The highest BCUT2D eigenvalue weighted by Gasteiger charge is 2.06. The molecule has 0 spiro atoms. The smallest absolute Gasteiger partial charge is 0.0531 e. The van der Waals surface area contributed by atoms with Gasteiger partial charge in [-0.3, -0.25) is 0 Å². The van der Waals surface area contributed by atoms with Gasteiger partial charge in [-0.15, -0.1) is 0 Å². The van der Waals surface area contributed by atoms with Crippen LogP contribution in [0.5, 0.6) is 0 Å². The van der Waals surface area contributed by atoms with E-state index in [9.17, 15) is 4.89 Å². The largest absolute Gasteiger partial charge is 0.369 e. The molecule has 0 amide bonds. The summed E-state index contributed by atoms with van der Waals surface area (Å²) < 4.78 is 0. The van der Waals surface area contributed by atoms with E-state index in [1.165, 1.54) is 27.8 Å². The Morgan fingerprint density at radius 2 is 1.07 bits per heavy atom. The van der Waals surface area contributed by atoms with Crippen molar-refractivity contribution in [2.45, 2.75) is 0 Å². The Hall–Kier alpha value is -2.99. The van der Waals surface area contributed by atoms with Crippen molar-refractivity contribution in [3.05, 3.63) is 126 Å². The molecule has 1 nitrogen and oxygen atoms in total. The lowest BCUT2D eigenvalue weighted by molar-refractivity contribution is 0.641. The third-order valence-corrected chi connectivity index (χ3v) is 6.01. The second-order valence-electron chi connectivity index (χ2n) is 6.98. The molecule has 0 saturated carbocycles. The number of rotatable bonds is 5. The fraction of sp³-hybridized carbons (Fsp3) is 0.0370. The van der Waals surface area contributed by atoms with E-state index >= 15 is 0 Å². The van der Waals surface area contributed by atoms with Gasteiger partial charge in [-0.25, -0.2) is 0 Å². The van der Waals surface area contributed by atoms with Gasteiger partial charge in [-0.2, -0.15) is 0 Å². The van der Waals surface area contributed by atoms with Crippen molar-refractivity contribution in [2.75, 3.05) is 6.66 Å². The van der Waals surface area contributed by atoms with Crippen LogP contribution < -0.4 is 5.30 Å². The van der Waals surface area contributed by atoms with Gasteiger partial charge in [0.1, 0.15) is 0 Å². The van der Waals surface area contributed by atoms with Crippen LogP contribution in [0, 0.1) is 0 Å². The maximum atomic E-state index is 9.75. The Bertz CT molecular complexity index is 1040. The molecule has 4 rings (SSSR count). The fourth-order valence-corrected chi connectivity index (χ4v) is 3.96. The summed E-state index contributed by atoms with van der Waals surface area (Å²) in [5, 5.41) is 0.999. The Morgan fingerprint density at radius 1 is 0.621 bits per heavy atom. The minimum atomic E-state index is -1.04. The summed E-state index contributed by atoms with van der Waals surface area (Å²) in [5.41, 5.74) is 7.13. The van der Waals surface area contributed by atoms with Crippen molar-refractivity contribution in [3.8, 4) is 11.1 Å². The molecule has 0 fully saturated rings. The van der Waals surface area contributed by atoms with Gasteiger partial charge in [0.25, 0.3) is 0 Å². The first-order valence-corrected chi connectivity index (χ1v) is 11.4. The molecule has 2 heteroatoms. The Kier molecular flexibility index (Phi) is 6.00. The monoisotopic (exact) mass is 394 g/mol. The van der Waals surface area contributed by atoms with E-state index in [1.807, 2.05) is 30.9 Å². The number of hydrogen-bond acceptors (Lipinski definition) is 1. The minimum absolute atomic E-state index is 0.999. The van der Waals surface area contributed by atoms with Crippen LogP contribution in [0.1, 0.15) is 16.7 Å². The lowest BCUT2D eigenvalue weighted by Crippen LogP contribution is -1.97. The van der Waals surface area contributed by atoms with Crippen LogP contribution >= 0.6 is 8.15 Å². The third-order valence-electron chi connectivity index (χ3n) is 4.97. The quantitative estimate of drug-likeness (QED) is 0.299. The molecule has 0 radical (unpaired) electrons.